The zero-order valence-corrected chi connectivity index (χ0v) is 14.4. The molecule has 9 heteroatoms. The Balaban J connectivity index is 1.95. The fourth-order valence-electron chi connectivity index (χ4n) is 2.60. The van der Waals surface area contributed by atoms with E-state index >= 15 is 0 Å². The van der Waals surface area contributed by atoms with Gasteiger partial charge in [-0.05, 0) is 17.7 Å². The molecular weight excluding hydrogens is 361 g/mol. The summed E-state index contributed by atoms with van der Waals surface area (Å²) < 4.78 is 43.2. The normalized spacial score (nSPS) is 12.9. The Morgan fingerprint density at radius 1 is 1.07 bits per heavy atom. The van der Waals surface area contributed by atoms with E-state index in [-0.39, 0.29) is 13.2 Å². The lowest BCUT2D eigenvalue weighted by Gasteiger charge is -2.14. The smallest absolute Gasteiger partial charge is 0.389 e. The highest BCUT2D eigenvalue weighted by Crippen LogP contribution is 2.33. The molecular formula is C18H17F3N4O2. The number of ether oxygens (including phenoxy) is 1. The van der Waals surface area contributed by atoms with Gasteiger partial charge in [0.25, 0.3) is 0 Å². The number of pyridine rings is 1. The second-order valence-electron chi connectivity index (χ2n) is 5.84. The molecule has 142 valence electrons. The van der Waals surface area contributed by atoms with Gasteiger partial charge < -0.3 is 15.2 Å². The molecule has 27 heavy (non-hydrogen) atoms. The average Bonchev–Trinajstić information content (AvgIpc) is 2.66. The maximum Gasteiger partial charge on any atom is 0.416 e. The van der Waals surface area contributed by atoms with Crippen LogP contribution in [-0.2, 0) is 10.9 Å². The van der Waals surface area contributed by atoms with E-state index in [0.717, 1.165) is 12.1 Å². The SMILES string of the molecule is COC[C@@H](O)CNc1ncc(-c2ccc(C(F)(F)F)cc2)c2nccnc12. The van der Waals surface area contributed by atoms with Gasteiger partial charge in [0.05, 0.1) is 18.3 Å². The summed E-state index contributed by atoms with van der Waals surface area (Å²) in [6, 6.07) is 4.79. The Hall–Kier alpha value is -2.78. The Kier molecular flexibility index (Phi) is 5.52. The summed E-state index contributed by atoms with van der Waals surface area (Å²) in [6.45, 7) is 0.367. The van der Waals surface area contributed by atoms with Gasteiger partial charge in [0.1, 0.15) is 11.0 Å². The Morgan fingerprint density at radius 3 is 2.37 bits per heavy atom. The molecule has 0 amide bonds. The summed E-state index contributed by atoms with van der Waals surface area (Å²) in [6.07, 6.45) is -0.602. The van der Waals surface area contributed by atoms with Gasteiger partial charge in [-0.15, -0.1) is 0 Å². The number of hydrogen-bond donors (Lipinski definition) is 2. The van der Waals surface area contributed by atoms with Crippen LogP contribution in [0.2, 0.25) is 0 Å². The first-order valence-electron chi connectivity index (χ1n) is 8.08. The van der Waals surface area contributed by atoms with E-state index < -0.39 is 17.8 Å². The number of rotatable bonds is 6. The third kappa shape index (κ3) is 4.32. The van der Waals surface area contributed by atoms with Gasteiger partial charge in [-0.1, -0.05) is 12.1 Å². The van der Waals surface area contributed by atoms with Crippen molar-refractivity contribution in [3.63, 3.8) is 0 Å². The van der Waals surface area contributed by atoms with E-state index in [4.69, 9.17) is 4.74 Å². The summed E-state index contributed by atoms with van der Waals surface area (Å²) in [5.41, 5.74) is 1.34. The lowest BCUT2D eigenvalue weighted by Crippen LogP contribution is -2.24. The van der Waals surface area contributed by atoms with Crippen LogP contribution in [0.4, 0.5) is 19.0 Å². The molecule has 0 unspecified atom stereocenters. The molecule has 1 atom stereocenters. The van der Waals surface area contributed by atoms with Crippen LogP contribution < -0.4 is 5.32 Å². The molecule has 0 spiro atoms. The third-order valence-corrected chi connectivity index (χ3v) is 3.89. The first-order chi connectivity index (χ1) is 12.9. The zero-order chi connectivity index (χ0) is 19.4. The molecule has 0 saturated carbocycles. The number of nitrogens with zero attached hydrogens (tertiary/aromatic N) is 3. The average molecular weight is 378 g/mol. The lowest BCUT2D eigenvalue weighted by molar-refractivity contribution is -0.137. The van der Waals surface area contributed by atoms with E-state index in [0.29, 0.717) is 28.0 Å². The number of nitrogens with one attached hydrogen (secondary N) is 1. The molecule has 0 aliphatic carbocycles. The molecule has 0 radical (unpaired) electrons. The van der Waals surface area contributed by atoms with Crippen LogP contribution in [-0.4, -0.2) is 46.4 Å². The molecule has 0 bridgehead atoms. The topological polar surface area (TPSA) is 80.2 Å². The summed E-state index contributed by atoms with van der Waals surface area (Å²) in [4.78, 5) is 12.9. The van der Waals surface area contributed by atoms with Crippen LogP contribution in [0.25, 0.3) is 22.2 Å². The lowest BCUT2D eigenvalue weighted by atomic mass is 10.0. The van der Waals surface area contributed by atoms with Crippen LogP contribution in [0, 0.1) is 0 Å². The summed E-state index contributed by atoms with van der Waals surface area (Å²) in [5.74, 6) is 0.420. The molecule has 2 N–H and O–H groups in total. The number of halogens is 3. The third-order valence-electron chi connectivity index (χ3n) is 3.89. The van der Waals surface area contributed by atoms with Gasteiger partial charge in [0.15, 0.2) is 5.82 Å². The van der Waals surface area contributed by atoms with Crippen molar-refractivity contribution >= 4 is 16.9 Å². The van der Waals surface area contributed by atoms with E-state index in [9.17, 15) is 18.3 Å². The molecule has 0 aliphatic rings. The van der Waals surface area contributed by atoms with Crippen LogP contribution in [0.1, 0.15) is 5.56 Å². The van der Waals surface area contributed by atoms with Crippen molar-refractivity contribution in [3.05, 3.63) is 48.4 Å². The predicted molar refractivity (Wildman–Crippen MR) is 94.1 cm³/mol. The Bertz CT molecular complexity index is 917. The summed E-state index contributed by atoms with van der Waals surface area (Å²) >= 11 is 0. The van der Waals surface area contributed by atoms with Crippen molar-refractivity contribution in [2.75, 3.05) is 25.6 Å². The molecule has 2 heterocycles. The fraction of sp³-hybridized carbons (Fsp3) is 0.278. The largest absolute Gasteiger partial charge is 0.416 e. The maximum atomic E-state index is 12.8. The number of hydrogen-bond acceptors (Lipinski definition) is 6. The number of aliphatic hydroxyl groups is 1. The number of fused-ring (bicyclic) bond motifs is 1. The minimum Gasteiger partial charge on any atom is -0.389 e. The van der Waals surface area contributed by atoms with Crippen molar-refractivity contribution in [2.45, 2.75) is 12.3 Å². The highest BCUT2D eigenvalue weighted by atomic mass is 19.4. The van der Waals surface area contributed by atoms with E-state index in [1.165, 1.54) is 37.8 Å². The van der Waals surface area contributed by atoms with Gasteiger partial charge in [-0.2, -0.15) is 13.2 Å². The number of alkyl halides is 3. The van der Waals surface area contributed by atoms with Crippen LogP contribution in [0.5, 0.6) is 0 Å². The highest BCUT2D eigenvalue weighted by Gasteiger charge is 2.30. The van der Waals surface area contributed by atoms with Gasteiger partial charge in [0.2, 0.25) is 0 Å². The summed E-state index contributed by atoms with van der Waals surface area (Å²) in [7, 11) is 1.49. The number of anilines is 1. The minimum absolute atomic E-state index is 0.167. The molecule has 3 rings (SSSR count). The van der Waals surface area contributed by atoms with Crippen molar-refractivity contribution in [2.24, 2.45) is 0 Å². The highest BCUT2D eigenvalue weighted by molar-refractivity contribution is 5.96. The zero-order valence-electron chi connectivity index (χ0n) is 14.4. The van der Waals surface area contributed by atoms with Crippen molar-refractivity contribution in [1.29, 1.82) is 0 Å². The van der Waals surface area contributed by atoms with Crippen molar-refractivity contribution in [3.8, 4) is 11.1 Å². The number of benzene rings is 1. The number of methoxy groups -OCH3 is 1. The van der Waals surface area contributed by atoms with Gasteiger partial charge in [-0.25, -0.2) is 9.97 Å². The quantitative estimate of drug-likeness (QED) is 0.686. The van der Waals surface area contributed by atoms with Gasteiger partial charge in [-0.3, -0.25) is 4.98 Å². The standard InChI is InChI=1S/C18H17F3N4O2/c1-27-10-13(26)8-24-17-16-15(22-6-7-23-16)14(9-25-17)11-2-4-12(5-3-11)18(19,20)21/h2-7,9,13,26H,8,10H2,1H3,(H,24,25)/t13-/m0/s1. The molecule has 3 aromatic rings. The predicted octanol–water partition coefficient (Wildman–Crippen LogP) is 3.13. The van der Waals surface area contributed by atoms with Crippen LogP contribution >= 0.6 is 0 Å². The van der Waals surface area contributed by atoms with Crippen molar-refractivity contribution in [1.82, 2.24) is 15.0 Å². The molecule has 0 saturated heterocycles. The van der Waals surface area contributed by atoms with E-state index in [1.54, 1.807) is 0 Å². The molecule has 0 fully saturated rings. The van der Waals surface area contributed by atoms with Gasteiger partial charge in [0, 0.05) is 37.8 Å². The summed E-state index contributed by atoms with van der Waals surface area (Å²) in [5, 5.41) is 12.8. The maximum absolute atomic E-state index is 12.8. The number of aromatic nitrogens is 3. The van der Waals surface area contributed by atoms with Gasteiger partial charge >= 0.3 is 6.18 Å². The Labute approximate surface area is 153 Å². The minimum atomic E-state index is -4.39. The van der Waals surface area contributed by atoms with Crippen LogP contribution in [0.15, 0.2) is 42.9 Å². The second-order valence-corrected chi connectivity index (χ2v) is 5.84. The monoisotopic (exact) mass is 378 g/mol. The first kappa shape index (κ1) is 19.0. The fourth-order valence-corrected chi connectivity index (χ4v) is 2.60. The molecule has 0 aliphatic heterocycles. The van der Waals surface area contributed by atoms with Crippen molar-refractivity contribution < 1.29 is 23.0 Å². The second kappa shape index (κ2) is 7.85. The molecule has 6 nitrogen and oxygen atoms in total. The van der Waals surface area contributed by atoms with Crippen LogP contribution in [0.3, 0.4) is 0 Å². The first-order valence-corrected chi connectivity index (χ1v) is 8.08. The number of aliphatic hydroxyl groups excluding tert-OH is 1. The molecule has 1 aromatic carbocycles. The Morgan fingerprint density at radius 2 is 1.74 bits per heavy atom. The van der Waals surface area contributed by atoms with E-state index in [2.05, 4.69) is 20.3 Å². The molecule has 2 aromatic heterocycles. The van der Waals surface area contributed by atoms with E-state index in [1.807, 2.05) is 0 Å².